The summed E-state index contributed by atoms with van der Waals surface area (Å²) in [5.74, 6) is 1.93. The third kappa shape index (κ3) is 2.85. The van der Waals surface area contributed by atoms with Gasteiger partial charge in [-0.2, -0.15) is 0 Å². The molecule has 2 aliphatic rings. The van der Waals surface area contributed by atoms with Crippen LogP contribution in [-0.4, -0.2) is 19.6 Å². The second-order valence-corrected chi connectivity index (χ2v) is 6.66. The molecule has 1 heterocycles. The van der Waals surface area contributed by atoms with Gasteiger partial charge in [0.25, 0.3) is 0 Å². The Hall–Kier alpha value is -1.02. The lowest BCUT2D eigenvalue weighted by Crippen LogP contribution is -2.24. The van der Waals surface area contributed by atoms with Crippen molar-refractivity contribution in [2.45, 2.75) is 46.1 Å². The summed E-state index contributed by atoms with van der Waals surface area (Å²) in [6, 6.07) is 6.98. The summed E-state index contributed by atoms with van der Waals surface area (Å²) in [7, 11) is 0. The molecule has 2 atom stereocenters. The number of hydrogen-bond donors (Lipinski definition) is 1. The molecule has 0 radical (unpaired) electrons. The Morgan fingerprint density at radius 2 is 1.95 bits per heavy atom. The van der Waals surface area contributed by atoms with E-state index in [9.17, 15) is 0 Å². The monoisotopic (exact) mass is 272 g/mol. The van der Waals surface area contributed by atoms with E-state index in [-0.39, 0.29) is 0 Å². The van der Waals surface area contributed by atoms with Crippen LogP contribution in [-0.2, 0) is 6.54 Å². The Kier molecular flexibility index (Phi) is 4.30. The van der Waals surface area contributed by atoms with Crippen LogP contribution in [0.5, 0.6) is 0 Å². The fourth-order valence-corrected chi connectivity index (χ4v) is 4.00. The minimum Gasteiger partial charge on any atom is -0.371 e. The van der Waals surface area contributed by atoms with Gasteiger partial charge in [-0.25, -0.2) is 0 Å². The molecular weight excluding hydrogens is 244 g/mol. The summed E-state index contributed by atoms with van der Waals surface area (Å²) in [5, 5.41) is 3.57. The number of rotatable bonds is 5. The first kappa shape index (κ1) is 13.9. The lowest BCUT2D eigenvalue weighted by Gasteiger charge is -2.23. The predicted molar refractivity (Wildman–Crippen MR) is 86.2 cm³/mol. The largest absolute Gasteiger partial charge is 0.371 e. The molecule has 1 saturated carbocycles. The quantitative estimate of drug-likeness (QED) is 0.822. The maximum Gasteiger partial charge on any atom is 0.0412 e. The molecule has 20 heavy (non-hydrogen) atoms. The highest BCUT2D eigenvalue weighted by molar-refractivity contribution is 5.56. The molecule has 0 spiro atoms. The molecule has 1 N–H and O–H groups in total. The highest BCUT2D eigenvalue weighted by atomic mass is 15.2. The smallest absolute Gasteiger partial charge is 0.0412 e. The van der Waals surface area contributed by atoms with E-state index in [1.165, 1.54) is 55.6 Å². The van der Waals surface area contributed by atoms with Gasteiger partial charge in [-0.15, -0.1) is 0 Å². The summed E-state index contributed by atoms with van der Waals surface area (Å²) in [5.41, 5.74) is 4.34. The molecule has 1 saturated heterocycles. The number of aryl methyl sites for hydroxylation is 1. The molecule has 1 aliphatic heterocycles. The third-order valence-corrected chi connectivity index (χ3v) is 5.04. The van der Waals surface area contributed by atoms with Crippen molar-refractivity contribution >= 4 is 5.69 Å². The zero-order chi connectivity index (χ0) is 13.9. The van der Waals surface area contributed by atoms with E-state index in [2.05, 4.69) is 42.3 Å². The number of benzene rings is 1. The maximum atomic E-state index is 3.57. The topological polar surface area (TPSA) is 15.3 Å². The van der Waals surface area contributed by atoms with E-state index in [0.717, 1.165) is 24.9 Å². The van der Waals surface area contributed by atoms with Gasteiger partial charge in [0.2, 0.25) is 0 Å². The van der Waals surface area contributed by atoms with Crippen molar-refractivity contribution in [2.24, 2.45) is 11.8 Å². The summed E-state index contributed by atoms with van der Waals surface area (Å²) in [6.07, 6.45) is 5.57. The van der Waals surface area contributed by atoms with Crippen LogP contribution >= 0.6 is 0 Å². The van der Waals surface area contributed by atoms with Crippen LogP contribution in [0.15, 0.2) is 18.2 Å². The number of nitrogens with zero attached hydrogens (tertiary/aromatic N) is 1. The fourth-order valence-electron chi connectivity index (χ4n) is 4.00. The van der Waals surface area contributed by atoms with Gasteiger partial charge in [0.15, 0.2) is 0 Å². The standard InChI is InChI=1S/C18H28N2/c1-3-9-19-11-17-10-14(2)7-8-18(17)20-12-15-5-4-6-16(15)13-20/h7-8,10,15-16,19H,3-6,9,11-13H2,1-2H3. The number of hydrogen-bond acceptors (Lipinski definition) is 2. The van der Waals surface area contributed by atoms with Crippen LogP contribution in [0.3, 0.4) is 0 Å². The third-order valence-electron chi connectivity index (χ3n) is 5.04. The Labute approximate surface area is 123 Å². The van der Waals surface area contributed by atoms with Crippen molar-refractivity contribution in [1.82, 2.24) is 5.32 Å². The molecule has 2 nitrogen and oxygen atoms in total. The molecule has 110 valence electrons. The van der Waals surface area contributed by atoms with Crippen LogP contribution in [0.4, 0.5) is 5.69 Å². The van der Waals surface area contributed by atoms with Crippen molar-refractivity contribution < 1.29 is 0 Å². The zero-order valence-corrected chi connectivity index (χ0v) is 13.0. The van der Waals surface area contributed by atoms with Crippen LogP contribution in [0.25, 0.3) is 0 Å². The Morgan fingerprint density at radius 1 is 1.20 bits per heavy atom. The molecule has 0 bridgehead atoms. The average molecular weight is 272 g/mol. The van der Waals surface area contributed by atoms with Crippen molar-refractivity contribution in [3.05, 3.63) is 29.3 Å². The van der Waals surface area contributed by atoms with E-state index in [4.69, 9.17) is 0 Å². The van der Waals surface area contributed by atoms with Crippen LogP contribution in [0.1, 0.15) is 43.7 Å². The van der Waals surface area contributed by atoms with Gasteiger partial charge in [0.05, 0.1) is 0 Å². The molecule has 0 aromatic heterocycles. The first-order chi connectivity index (χ1) is 9.78. The normalized spacial score (nSPS) is 25.2. The molecule has 2 heteroatoms. The zero-order valence-electron chi connectivity index (χ0n) is 13.0. The van der Waals surface area contributed by atoms with Gasteiger partial charge < -0.3 is 10.2 Å². The van der Waals surface area contributed by atoms with Crippen molar-refractivity contribution in [3.63, 3.8) is 0 Å². The molecule has 1 aliphatic carbocycles. The van der Waals surface area contributed by atoms with E-state index in [0.29, 0.717) is 0 Å². The SMILES string of the molecule is CCCNCc1cc(C)ccc1N1CC2CCCC2C1. The van der Waals surface area contributed by atoms with Crippen LogP contribution in [0.2, 0.25) is 0 Å². The summed E-state index contributed by atoms with van der Waals surface area (Å²) in [4.78, 5) is 2.65. The van der Waals surface area contributed by atoms with Gasteiger partial charge in [-0.1, -0.05) is 31.0 Å². The summed E-state index contributed by atoms with van der Waals surface area (Å²) < 4.78 is 0. The Balaban J connectivity index is 1.74. The lowest BCUT2D eigenvalue weighted by atomic mass is 10.0. The van der Waals surface area contributed by atoms with Gasteiger partial charge >= 0.3 is 0 Å². The lowest BCUT2D eigenvalue weighted by molar-refractivity contribution is 0.494. The second-order valence-electron chi connectivity index (χ2n) is 6.66. The summed E-state index contributed by atoms with van der Waals surface area (Å²) in [6.45, 7) is 9.12. The molecule has 2 unspecified atom stereocenters. The number of anilines is 1. The van der Waals surface area contributed by atoms with E-state index < -0.39 is 0 Å². The minimum atomic E-state index is 0.966. The van der Waals surface area contributed by atoms with Crippen molar-refractivity contribution in [2.75, 3.05) is 24.5 Å². The molecule has 1 aromatic carbocycles. The van der Waals surface area contributed by atoms with Crippen LogP contribution in [0, 0.1) is 18.8 Å². The van der Waals surface area contributed by atoms with Crippen molar-refractivity contribution in [1.29, 1.82) is 0 Å². The molecule has 2 fully saturated rings. The Bertz CT molecular complexity index is 443. The van der Waals surface area contributed by atoms with E-state index in [1.807, 2.05) is 0 Å². The first-order valence-corrected chi connectivity index (χ1v) is 8.33. The maximum absolute atomic E-state index is 3.57. The van der Waals surface area contributed by atoms with E-state index >= 15 is 0 Å². The fraction of sp³-hybridized carbons (Fsp3) is 0.667. The van der Waals surface area contributed by atoms with E-state index in [1.54, 1.807) is 0 Å². The summed E-state index contributed by atoms with van der Waals surface area (Å²) >= 11 is 0. The molecule has 3 rings (SSSR count). The molecular formula is C18H28N2. The average Bonchev–Trinajstić information content (AvgIpc) is 3.00. The van der Waals surface area contributed by atoms with Gasteiger partial charge in [0, 0.05) is 25.3 Å². The predicted octanol–water partition coefficient (Wildman–Crippen LogP) is 3.73. The number of nitrogens with one attached hydrogen (secondary N) is 1. The highest BCUT2D eigenvalue weighted by Crippen LogP contribution is 2.40. The first-order valence-electron chi connectivity index (χ1n) is 8.33. The van der Waals surface area contributed by atoms with Crippen molar-refractivity contribution in [3.8, 4) is 0 Å². The molecule has 1 aromatic rings. The Morgan fingerprint density at radius 3 is 2.65 bits per heavy atom. The molecule has 0 amide bonds. The van der Waals surface area contributed by atoms with Gasteiger partial charge in [-0.3, -0.25) is 0 Å². The second kappa shape index (κ2) is 6.17. The number of fused-ring (bicyclic) bond motifs is 1. The minimum absolute atomic E-state index is 0.966. The highest BCUT2D eigenvalue weighted by Gasteiger charge is 2.36. The van der Waals surface area contributed by atoms with Gasteiger partial charge in [0.1, 0.15) is 0 Å². The van der Waals surface area contributed by atoms with Crippen LogP contribution < -0.4 is 10.2 Å². The van der Waals surface area contributed by atoms with Gasteiger partial charge in [-0.05, 0) is 56.2 Å².